The number of aliphatic hydroxyl groups is 3. The monoisotopic (exact) mass is 860 g/mol. The smallest absolute Gasteiger partial charge is 0.316 e. The van der Waals surface area contributed by atoms with E-state index >= 15 is 0 Å². The molecule has 5 fully saturated rings. The number of fused-ring (bicyclic) bond motifs is 2. The summed E-state index contributed by atoms with van der Waals surface area (Å²) in [4.78, 5) is 14.3. The molecule has 5 saturated heterocycles. The summed E-state index contributed by atoms with van der Waals surface area (Å²) in [5.74, 6) is -2.15. The fourth-order valence-electron chi connectivity index (χ4n) is 10.8. The van der Waals surface area contributed by atoms with Crippen molar-refractivity contribution in [2.24, 2.45) is 23.7 Å². The molecule has 0 aromatic carbocycles. The van der Waals surface area contributed by atoms with Gasteiger partial charge >= 0.3 is 5.97 Å². The molecule has 1 unspecified atom stereocenters. The van der Waals surface area contributed by atoms with Gasteiger partial charge in [-0.2, -0.15) is 0 Å². The molecule has 3 N–H and O–H groups in total. The summed E-state index contributed by atoms with van der Waals surface area (Å²) in [7, 11) is 3.22. The van der Waals surface area contributed by atoms with Crippen LogP contribution < -0.4 is 0 Å². The van der Waals surface area contributed by atoms with Crippen LogP contribution in [0.2, 0.25) is 0 Å². The first-order valence-electron chi connectivity index (χ1n) is 22.6. The van der Waals surface area contributed by atoms with E-state index in [9.17, 15) is 20.1 Å². The van der Waals surface area contributed by atoms with Crippen molar-refractivity contribution in [1.29, 1.82) is 0 Å². The van der Waals surface area contributed by atoms with E-state index < -0.39 is 90.8 Å². The topological polar surface area (TPSA) is 170 Å². The SMILES string of the molecule is CO[C@H]1C[C@H](O[C@H]2[C@H](C)O[C@@H](O[C@@H]3/C(C)=C/C[C@@H]4C[C@@H](C[C@]5(CC[C@H](C)[C@@H](C(C)C)O5)O4)OC(=O)C4C=C(C)[C@@H](O)[C@H]5OC/C(=C\C=C\[C@@H]3C)[C@@]45O)C[C@@H]2OC)O[C@@H](C)[C@@H]1O. The first kappa shape index (κ1) is 46.9. The molecule has 6 aliphatic heterocycles. The van der Waals surface area contributed by atoms with Crippen molar-refractivity contribution < 1.29 is 67.5 Å². The first-order valence-corrected chi connectivity index (χ1v) is 22.6. The van der Waals surface area contributed by atoms with Crippen LogP contribution in [0.15, 0.2) is 47.1 Å². The molecule has 19 atom stereocenters. The Kier molecular flexibility index (Phi) is 14.8. The van der Waals surface area contributed by atoms with E-state index in [1.165, 1.54) is 0 Å². The lowest BCUT2D eigenvalue weighted by molar-refractivity contribution is -0.340. The van der Waals surface area contributed by atoms with Crippen LogP contribution in [0.1, 0.15) is 100 Å². The van der Waals surface area contributed by atoms with E-state index in [0.29, 0.717) is 55.6 Å². The zero-order valence-corrected chi connectivity index (χ0v) is 37.8. The Morgan fingerprint density at radius 1 is 0.885 bits per heavy atom. The number of carbonyl (C=O) groups is 1. The fraction of sp³-hybridized carbons (Fsp3) is 0.809. The van der Waals surface area contributed by atoms with Crippen LogP contribution in [0.5, 0.6) is 0 Å². The van der Waals surface area contributed by atoms with Crippen LogP contribution in [0.4, 0.5) is 0 Å². The van der Waals surface area contributed by atoms with E-state index in [2.05, 4.69) is 40.7 Å². The highest BCUT2D eigenvalue weighted by atomic mass is 16.7. The van der Waals surface area contributed by atoms with Crippen LogP contribution in [-0.2, 0) is 52.2 Å². The molecule has 0 aromatic rings. The van der Waals surface area contributed by atoms with Gasteiger partial charge in [0.05, 0.1) is 49.3 Å². The highest BCUT2D eigenvalue weighted by Crippen LogP contribution is 2.48. The molecule has 0 saturated carbocycles. The summed E-state index contributed by atoms with van der Waals surface area (Å²) in [5, 5.41) is 34.2. The number of hydrogen-bond acceptors (Lipinski definition) is 14. The summed E-state index contributed by atoms with van der Waals surface area (Å²) in [6.45, 7) is 16.2. The Bertz CT molecular complexity index is 1660. The minimum absolute atomic E-state index is 0.0210. The minimum atomic E-state index is -1.82. The predicted molar refractivity (Wildman–Crippen MR) is 223 cm³/mol. The quantitative estimate of drug-likeness (QED) is 0.225. The number of rotatable bonds is 7. The number of ether oxygens (including phenoxy) is 10. The van der Waals surface area contributed by atoms with Gasteiger partial charge in [-0.05, 0) is 69.1 Å². The lowest BCUT2D eigenvalue weighted by atomic mass is 9.71. The van der Waals surface area contributed by atoms with Gasteiger partial charge in [-0.15, -0.1) is 0 Å². The van der Waals surface area contributed by atoms with Gasteiger partial charge in [0.2, 0.25) is 0 Å². The maximum Gasteiger partial charge on any atom is 0.316 e. The Balaban J connectivity index is 1.17. The normalized spacial score (nSPS) is 49.6. The van der Waals surface area contributed by atoms with Gasteiger partial charge in [-0.3, -0.25) is 4.79 Å². The summed E-state index contributed by atoms with van der Waals surface area (Å²) >= 11 is 0. The highest BCUT2D eigenvalue weighted by Gasteiger charge is 2.60. The van der Waals surface area contributed by atoms with Gasteiger partial charge in [0, 0.05) is 52.2 Å². The van der Waals surface area contributed by atoms with Crippen molar-refractivity contribution in [3.05, 3.63) is 47.1 Å². The lowest BCUT2D eigenvalue weighted by Crippen LogP contribution is -2.58. The second-order valence-electron chi connectivity index (χ2n) is 19.2. The molecule has 61 heavy (non-hydrogen) atoms. The third-order valence-corrected chi connectivity index (χ3v) is 14.4. The zero-order valence-electron chi connectivity index (χ0n) is 37.8. The van der Waals surface area contributed by atoms with Gasteiger partial charge in [0.15, 0.2) is 18.4 Å². The summed E-state index contributed by atoms with van der Waals surface area (Å²) in [6.07, 6.45) is 5.52. The van der Waals surface area contributed by atoms with Crippen LogP contribution in [0, 0.1) is 23.7 Å². The van der Waals surface area contributed by atoms with Gasteiger partial charge in [-0.1, -0.05) is 58.1 Å². The molecule has 0 aromatic heterocycles. The van der Waals surface area contributed by atoms with E-state index in [1.807, 2.05) is 19.1 Å². The Hall–Kier alpha value is -2.05. The number of allylic oxidation sites excluding steroid dienone is 2. The van der Waals surface area contributed by atoms with Gasteiger partial charge in [0.1, 0.15) is 42.0 Å². The maximum atomic E-state index is 14.3. The third-order valence-electron chi connectivity index (χ3n) is 14.4. The molecule has 14 heteroatoms. The number of hydrogen-bond donors (Lipinski definition) is 3. The third kappa shape index (κ3) is 9.67. The molecule has 0 radical (unpaired) electrons. The average Bonchev–Trinajstić information content (AvgIpc) is 3.56. The molecule has 2 bridgehead atoms. The minimum Gasteiger partial charge on any atom is -0.462 e. The number of methoxy groups -OCH3 is 2. The van der Waals surface area contributed by atoms with Crippen LogP contribution in [-0.4, -0.2) is 139 Å². The van der Waals surface area contributed by atoms with Crippen molar-refractivity contribution in [2.75, 3.05) is 20.8 Å². The first-order chi connectivity index (χ1) is 29.0. The van der Waals surface area contributed by atoms with Crippen molar-refractivity contribution in [1.82, 2.24) is 0 Å². The number of carbonyl (C=O) groups excluding carboxylic acids is 1. The van der Waals surface area contributed by atoms with Crippen molar-refractivity contribution >= 4 is 5.97 Å². The van der Waals surface area contributed by atoms with Crippen molar-refractivity contribution in [2.45, 2.75) is 198 Å². The summed E-state index contributed by atoms with van der Waals surface area (Å²) in [6, 6.07) is 0. The fourth-order valence-corrected chi connectivity index (χ4v) is 10.8. The second-order valence-corrected chi connectivity index (χ2v) is 19.2. The van der Waals surface area contributed by atoms with Crippen molar-refractivity contribution in [3.8, 4) is 0 Å². The highest BCUT2D eigenvalue weighted by molar-refractivity contribution is 5.78. The molecule has 344 valence electrons. The van der Waals surface area contributed by atoms with Crippen LogP contribution >= 0.6 is 0 Å². The summed E-state index contributed by atoms with van der Waals surface area (Å²) in [5.41, 5.74) is 0.184. The lowest BCUT2D eigenvalue weighted by Gasteiger charge is -2.50. The Morgan fingerprint density at radius 2 is 1.59 bits per heavy atom. The molecule has 1 spiro atoms. The predicted octanol–water partition coefficient (Wildman–Crippen LogP) is 5.21. The molecule has 1 aliphatic carbocycles. The number of esters is 1. The molecular weight excluding hydrogens is 789 g/mol. The van der Waals surface area contributed by atoms with Crippen LogP contribution in [0.25, 0.3) is 0 Å². The van der Waals surface area contributed by atoms with E-state index in [0.717, 1.165) is 12.0 Å². The largest absolute Gasteiger partial charge is 0.462 e. The molecule has 7 rings (SSSR count). The second kappa shape index (κ2) is 19.2. The van der Waals surface area contributed by atoms with Gasteiger partial charge in [0.25, 0.3) is 0 Å². The average molecular weight is 861 g/mol. The van der Waals surface area contributed by atoms with Gasteiger partial charge < -0.3 is 62.7 Å². The van der Waals surface area contributed by atoms with E-state index in [1.54, 1.807) is 40.2 Å². The van der Waals surface area contributed by atoms with E-state index in [4.69, 9.17) is 47.4 Å². The maximum absolute atomic E-state index is 14.3. The Labute approximate surface area is 361 Å². The zero-order chi connectivity index (χ0) is 44.0. The molecule has 14 nitrogen and oxygen atoms in total. The Morgan fingerprint density at radius 3 is 2.31 bits per heavy atom. The molecule has 7 aliphatic rings. The molecular formula is C47H72O14. The van der Waals surface area contributed by atoms with Crippen molar-refractivity contribution in [3.63, 3.8) is 0 Å². The standard InChI is InChI=1S/C47H72O14/c1-24(2)41-27(5)16-17-46(61-41)22-33-19-32(60-46)15-14-26(4)42(25(3)12-11-13-31-23-54-44-39(48)28(6)18-34(45(50)57-33)47(31,44)51)58-38-21-36(53-10)43(30(8)56-38)59-37-20-35(52-9)40(49)29(7)55-37/h11-14,18,24-25,27,29-30,32-44,48-49,51H,15-17,19-23H2,1-10H3/b12-11+,26-14+,31-13+/t25-,27-,29-,30-,32+,33-,34?,35-,36-,37-,38-,39+,40-,41+,42-,43-,44+,46+,47+/m0/s1. The van der Waals surface area contributed by atoms with Crippen LogP contribution in [0.3, 0.4) is 0 Å². The molecule has 0 amide bonds. The number of aliphatic hydroxyl groups excluding tert-OH is 2. The molecule has 6 heterocycles. The summed E-state index contributed by atoms with van der Waals surface area (Å²) < 4.78 is 63.7. The van der Waals surface area contributed by atoms with Gasteiger partial charge in [-0.25, -0.2) is 0 Å². The van der Waals surface area contributed by atoms with E-state index in [-0.39, 0.29) is 36.8 Å².